The molecule has 0 unspecified atom stereocenters. The summed E-state index contributed by atoms with van der Waals surface area (Å²) in [4.78, 5) is 27.3. The van der Waals surface area contributed by atoms with Crippen LogP contribution in [0.3, 0.4) is 0 Å². The third kappa shape index (κ3) is 3.62. The van der Waals surface area contributed by atoms with Crippen LogP contribution in [0.15, 0.2) is 35.1 Å². The van der Waals surface area contributed by atoms with Gasteiger partial charge in [-0.25, -0.2) is 9.48 Å². The Morgan fingerprint density at radius 3 is 2.87 bits per heavy atom. The van der Waals surface area contributed by atoms with Gasteiger partial charge in [0.25, 0.3) is 0 Å². The highest BCUT2D eigenvalue weighted by Gasteiger charge is 2.65. The first kappa shape index (κ1) is 21.2. The van der Waals surface area contributed by atoms with E-state index in [4.69, 9.17) is 16.3 Å². The third-order valence-electron chi connectivity index (χ3n) is 6.03. The number of halogens is 4. The van der Waals surface area contributed by atoms with E-state index in [0.717, 1.165) is 10.0 Å². The Kier molecular flexibility index (Phi) is 5.61. The van der Waals surface area contributed by atoms with Crippen LogP contribution < -0.4 is 0 Å². The lowest BCUT2D eigenvalue weighted by Gasteiger charge is -2.26. The Morgan fingerprint density at radius 2 is 2.23 bits per heavy atom. The lowest BCUT2D eigenvalue weighted by molar-refractivity contribution is -0.152. The molecule has 0 N–H and O–H groups in total. The van der Waals surface area contributed by atoms with E-state index in [1.54, 1.807) is 6.07 Å². The standard InChI is InChI=1S/C20H19BrClF2N3O3/c1-30-17(28)16(6-11-9-25-27(10-11)19(23)24)26-5-4-20(18(26)29)8-14(20)13-3-2-12(21)7-15(13)22/h2-3,7,9-10,14,16,19H,4-6,8H2,1H3/t14-,16+,20+/m0/s1. The smallest absolute Gasteiger partial charge is 0.333 e. The summed E-state index contributed by atoms with van der Waals surface area (Å²) >= 11 is 9.76. The van der Waals surface area contributed by atoms with E-state index in [1.807, 2.05) is 12.1 Å². The van der Waals surface area contributed by atoms with Crippen molar-refractivity contribution in [2.45, 2.75) is 37.8 Å². The zero-order valence-electron chi connectivity index (χ0n) is 16.0. The molecule has 0 bridgehead atoms. The number of ether oxygens (including phenoxy) is 1. The number of hydrogen-bond acceptors (Lipinski definition) is 4. The normalized spacial score (nSPS) is 24.0. The second kappa shape index (κ2) is 7.92. The largest absolute Gasteiger partial charge is 0.467 e. The molecule has 1 amide bonds. The number of alkyl halides is 2. The molecule has 3 atom stereocenters. The van der Waals surface area contributed by atoms with Crippen molar-refractivity contribution < 1.29 is 23.1 Å². The maximum atomic E-state index is 13.3. The van der Waals surface area contributed by atoms with Gasteiger partial charge in [0.05, 0.1) is 18.7 Å². The van der Waals surface area contributed by atoms with E-state index in [1.165, 1.54) is 24.4 Å². The summed E-state index contributed by atoms with van der Waals surface area (Å²) in [5.41, 5.74) is 0.780. The second-order valence-corrected chi connectivity index (χ2v) is 9.00. The van der Waals surface area contributed by atoms with Crippen molar-refractivity contribution in [1.29, 1.82) is 0 Å². The number of carbonyl (C=O) groups excluding carboxylic acids is 2. The highest BCUT2D eigenvalue weighted by atomic mass is 79.9. The molecule has 160 valence electrons. The molecule has 4 rings (SSSR count). The van der Waals surface area contributed by atoms with Gasteiger partial charge in [-0.2, -0.15) is 13.9 Å². The van der Waals surface area contributed by atoms with E-state index < -0.39 is 24.0 Å². The first-order valence-corrected chi connectivity index (χ1v) is 10.6. The van der Waals surface area contributed by atoms with Gasteiger partial charge in [-0.05, 0) is 36.1 Å². The number of esters is 1. The van der Waals surface area contributed by atoms with Crippen molar-refractivity contribution >= 4 is 39.4 Å². The zero-order chi connectivity index (χ0) is 21.6. The molecule has 0 radical (unpaired) electrons. The van der Waals surface area contributed by atoms with E-state index in [9.17, 15) is 18.4 Å². The molecule has 30 heavy (non-hydrogen) atoms. The Morgan fingerprint density at radius 1 is 1.47 bits per heavy atom. The fraction of sp³-hybridized carbons (Fsp3) is 0.450. The Labute approximate surface area is 185 Å². The molecule has 6 nitrogen and oxygen atoms in total. The van der Waals surface area contributed by atoms with Crippen LogP contribution in [0.25, 0.3) is 0 Å². The topological polar surface area (TPSA) is 64.4 Å². The highest BCUT2D eigenvalue weighted by molar-refractivity contribution is 9.10. The number of hydrogen-bond donors (Lipinski definition) is 0. The lowest BCUT2D eigenvalue weighted by atomic mass is 9.97. The van der Waals surface area contributed by atoms with Crippen LogP contribution in [0.5, 0.6) is 0 Å². The predicted octanol–water partition coefficient (Wildman–Crippen LogP) is 4.18. The second-order valence-electron chi connectivity index (χ2n) is 7.68. The summed E-state index contributed by atoms with van der Waals surface area (Å²) in [6, 6.07) is 4.72. The van der Waals surface area contributed by atoms with E-state index in [2.05, 4.69) is 21.0 Å². The molecule has 1 saturated carbocycles. The van der Waals surface area contributed by atoms with Gasteiger partial charge in [0.15, 0.2) is 0 Å². The van der Waals surface area contributed by atoms with Gasteiger partial charge in [0.2, 0.25) is 5.91 Å². The van der Waals surface area contributed by atoms with Gasteiger partial charge in [-0.3, -0.25) is 4.79 Å². The Balaban J connectivity index is 1.55. The van der Waals surface area contributed by atoms with Crippen molar-refractivity contribution in [3.05, 3.63) is 51.2 Å². The monoisotopic (exact) mass is 501 g/mol. The highest BCUT2D eigenvalue weighted by Crippen LogP contribution is 2.66. The van der Waals surface area contributed by atoms with Crippen LogP contribution in [-0.2, 0) is 20.7 Å². The quantitative estimate of drug-likeness (QED) is 0.556. The molecule has 2 fully saturated rings. The van der Waals surface area contributed by atoms with E-state index >= 15 is 0 Å². The zero-order valence-corrected chi connectivity index (χ0v) is 18.4. The molecule has 2 aliphatic rings. The first-order valence-electron chi connectivity index (χ1n) is 9.42. The minimum atomic E-state index is -2.77. The molecular weight excluding hydrogens is 484 g/mol. The lowest BCUT2D eigenvalue weighted by Crippen LogP contribution is -2.45. The molecule has 1 aromatic heterocycles. The molecule has 10 heteroatoms. The average Bonchev–Trinajstić information content (AvgIpc) is 3.06. The molecule has 1 saturated heterocycles. The number of aromatic nitrogens is 2. The van der Waals surface area contributed by atoms with Crippen LogP contribution in [0.4, 0.5) is 8.78 Å². The van der Waals surface area contributed by atoms with Crippen molar-refractivity contribution in [1.82, 2.24) is 14.7 Å². The van der Waals surface area contributed by atoms with E-state index in [-0.39, 0.29) is 18.2 Å². The molecule has 1 spiro atoms. The minimum Gasteiger partial charge on any atom is -0.467 e. The molecule has 1 aliphatic carbocycles. The van der Waals surface area contributed by atoms with Gasteiger partial charge in [0, 0.05) is 34.6 Å². The van der Waals surface area contributed by atoms with E-state index in [0.29, 0.717) is 34.7 Å². The number of amides is 1. The molecular formula is C20H19BrClF2N3O3. The fourth-order valence-electron chi connectivity index (χ4n) is 4.39. The van der Waals surface area contributed by atoms with Crippen LogP contribution in [0.1, 0.15) is 36.4 Å². The SMILES string of the molecule is COC(=O)[C@@H](Cc1cnn(C(F)F)c1)N1CC[C@]2(C[C@H]2c2ccc(Br)cc2Cl)C1=O. The molecule has 2 aromatic rings. The van der Waals surface area contributed by atoms with Gasteiger partial charge in [-0.15, -0.1) is 0 Å². The predicted molar refractivity (Wildman–Crippen MR) is 108 cm³/mol. The Bertz CT molecular complexity index is 1000. The maximum Gasteiger partial charge on any atom is 0.333 e. The summed E-state index contributed by atoms with van der Waals surface area (Å²) in [5, 5.41) is 4.20. The number of benzene rings is 1. The average molecular weight is 503 g/mol. The summed E-state index contributed by atoms with van der Waals surface area (Å²) in [6.45, 7) is -2.37. The summed E-state index contributed by atoms with van der Waals surface area (Å²) in [7, 11) is 1.25. The summed E-state index contributed by atoms with van der Waals surface area (Å²) in [5.74, 6) is -0.706. The summed E-state index contributed by atoms with van der Waals surface area (Å²) < 4.78 is 31.9. The number of nitrogens with zero attached hydrogens (tertiary/aromatic N) is 3. The minimum absolute atomic E-state index is 0.00418. The van der Waals surface area contributed by atoms with Crippen LogP contribution >= 0.6 is 27.5 Å². The third-order valence-corrected chi connectivity index (χ3v) is 6.85. The van der Waals surface area contributed by atoms with Gasteiger partial charge in [-0.1, -0.05) is 33.6 Å². The van der Waals surface area contributed by atoms with Crippen LogP contribution in [0.2, 0.25) is 5.02 Å². The fourth-order valence-corrected chi connectivity index (χ4v) is 5.20. The summed E-state index contributed by atoms with van der Waals surface area (Å²) in [6.07, 6.45) is 3.79. The number of methoxy groups -OCH3 is 1. The van der Waals surface area contributed by atoms with Gasteiger partial charge < -0.3 is 9.64 Å². The number of rotatable bonds is 6. The first-order chi connectivity index (χ1) is 14.3. The van der Waals surface area contributed by atoms with Crippen LogP contribution in [-0.4, -0.2) is 46.3 Å². The van der Waals surface area contributed by atoms with Crippen molar-refractivity contribution in [2.24, 2.45) is 5.41 Å². The Hall–Kier alpha value is -2.00. The van der Waals surface area contributed by atoms with Gasteiger partial charge >= 0.3 is 12.5 Å². The molecule has 1 aliphatic heterocycles. The van der Waals surface area contributed by atoms with Gasteiger partial charge in [0.1, 0.15) is 6.04 Å². The molecule has 2 heterocycles. The van der Waals surface area contributed by atoms with Crippen LogP contribution in [0, 0.1) is 5.41 Å². The number of likely N-dealkylation sites (tertiary alicyclic amines) is 1. The van der Waals surface area contributed by atoms with Crippen molar-refractivity contribution in [2.75, 3.05) is 13.7 Å². The number of carbonyl (C=O) groups is 2. The van der Waals surface area contributed by atoms with Crippen molar-refractivity contribution in [3.8, 4) is 0 Å². The van der Waals surface area contributed by atoms with Crippen molar-refractivity contribution in [3.63, 3.8) is 0 Å². The maximum absolute atomic E-state index is 13.3. The molecule has 1 aromatic carbocycles.